The van der Waals surface area contributed by atoms with E-state index in [4.69, 9.17) is 16.3 Å². The van der Waals surface area contributed by atoms with Gasteiger partial charge in [-0.25, -0.2) is 4.79 Å². The highest BCUT2D eigenvalue weighted by Gasteiger charge is 2.37. The molecule has 1 aliphatic heterocycles. The van der Waals surface area contributed by atoms with Crippen LogP contribution in [0.2, 0.25) is 5.02 Å². The number of halogens is 1. The van der Waals surface area contributed by atoms with E-state index in [1.165, 1.54) is 7.11 Å². The van der Waals surface area contributed by atoms with Crippen LogP contribution in [-0.4, -0.2) is 37.1 Å². The molecular weight excluding hydrogens is 280 g/mol. The lowest BCUT2D eigenvalue weighted by Gasteiger charge is -2.17. The molecule has 2 atom stereocenters. The van der Waals surface area contributed by atoms with Gasteiger partial charge in [-0.1, -0.05) is 24.6 Å². The minimum atomic E-state index is -0.268. The van der Waals surface area contributed by atoms with Crippen LogP contribution in [0.5, 0.6) is 0 Å². The van der Waals surface area contributed by atoms with E-state index in [2.05, 4.69) is 5.32 Å². The standard InChI is InChI=1S/C14H17ClN2O3/c1-9-7-17(8-12(9)13(18)20-2)14(19)16-11-5-3-4-10(15)6-11/h3-6,9,12H,7-8H2,1-2H3,(H,16,19). The largest absolute Gasteiger partial charge is 0.469 e. The molecule has 5 nitrogen and oxygen atoms in total. The molecule has 108 valence electrons. The first-order valence-electron chi connectivity index (χ1n) is 6.40. The summed E-state index contributed by atoms with van der Waals surface area (Å²) in [4.78, 5) is 25.4. The Morgan fingerprint density at radius 2 is 2.15 bits per heavy atom. The van der Waals surface area contributed by atoms with Gasteiger partial charge in [-0.05, 0) is 24.1 Å². The van der Waals surface area contributed by atoms with Crippen LogP contribution in [-0.2, 0) is 9.53 Å². The van der Waals surface area contributed by atoms with E-state index in [0.29, 0.717) is 23.8 Å². The van der Waals surface area contributed by atoms with Crippen molar-refractivity contribution in [3.8, 4) is 0 Å². The molecule has 6 heteroatoms. The lowest BCUT2D eigenvalue weighted by atomic mass is 9.99. The van der Waals surface area contributed by atoms with Crippen LogP contribution in [0.4, 0.5) is 10.5 Å². The lowest BCUT2D eigenvalue weighted by molar-refractivity contribution is -0.145. The highest BCUT2D eigenvalue weighted by Crippen LogP contribution is 2.25. The summed E-state index contributed by atoms with van der Waals surface area (Å²) in [6.07, 6.45) is 0. The first kappa shape index (κ1) is 14.7. The Morgan fingerprint density at radius 1 is 1.40 bits per heavy atom. The van der Waals surface area contributed by atoms with Gasteiger partial charge in [-0.15, -0.1) is 0 Å². The van der Waals surface area contributed by atoms with Crippen molar-refractivity contribution >= 4 is 29.3 Å². The second-order valence-corrected chi connectivity index (χ2v) is 5.39. The maximum Gasteiger partial charge on any atom is 0.321 e. The molecule has 1 N–H and O–H groups in total. The van der Waals surface area contributed by atoms with Crippen LogP contribution < -0.4 is 5.32 Å². The Balaban J connectivity index is 1.99. The molecule has 20 heavy (non-hydrogen) atoms. The van der Waals surface area contributed by atoms with Crippen molar-refractivity contribution in [1.82, 2.24) is 4.90 Å². The zero-order chi connectivity index (χ0) is 14.7. The van der Waals surface area contributed by atoms with Crippen molar-refractivity contribution in [2.45, 2.75) is 6.92 Å². The molecule has 0 bridgehead atoms. The van der Waals surface area contributed by atoms with Crippen molar-refractivity contribution in [3.63, 3.8) is 0 Å². The number of urea groups is 1. The van der Waals surface area contributed by atoms with Crippen LogP contribution in [0.1, 0.15) is 6.92 Å². The fourth-order valence-corrected chi connectivity index (χ4v) is 2.55. The van der Waals surface area contributed by atoms with E-state index in [1.54, 1.807) is 29.2 Å². The molecule has 1 saturated heterocycles. The van der Waals surface area contributed by atoms with E-state index in [1.807, 2.05) is 6.92 Å². The molecule has 0 radical (unpaired) electrons. The smallest absolute Gasteiger partial charge is 0.321 e. The summed E-state index contributed by atoms with van der Waals surface area (Å²) in [5, 5.41) is 3.33. The van der Waals surface area contributed by atoms with E-state index in [9.17, 15) is 9.59 Å². The lowest BCUT2D eigenvalue weighted by Crippen LogP contribution is -2.34. The quantitative estimate of drug-likeness (QED) is 0.854. The number of carbonyl (C=O) groups excluding carboxylic acids is 2. The number of nitrogens with one attached hydrogen (secondary N) is 1. The number of anilines is 1. The Kier molecular flexibility index (Phi) is 4.49. The number of benzene rings is 1. The van der Waals surface area contributed by atoms with E-state index >= 15 is 0 Å². The number of carbonyl (C=O) groups is 2. The highest BCUT2D eigenvalue weighted by molar-refractivity contribution is 6.30. The molecule has 0 aliphatic carbocycles. The summed E-state index contributed by atoms with van der Waals surface area (Å²) >= 11 is 5.87. The van der Waals surface area contributed by atoms with Gasteiger partial charge in [0.25, 0.3) is 0 Å². The number of esters is 1. The summed E-state index contributed by atoms with van der Waals surface area (Å²) in [5.74, 6) is -0.437. The predicted molar refractivity (Wildman–Crippen MR) is 76.7 cm³/mol. The summed E-state index contributed by atoms with van der Waals surface area (Å²) in [6.45, 7) is 2.85. The highest BCUT2D eigenvalue weighted by atomic mass is 35.5. The molecule has 2 rings (SSSR count). The third-order valence-corrected chi connectivity index (χ3v) is 3.71. The molecule has 0 saturated carbocycles. The minimum absolute atomic E-state index is 0.0903. The van der Waals surface area contributed by atoms with E-state index in [-0.39, 0.29) is 23.8 Å². The number of amides is 2. The predicted octanol–water partition coefficient (Wildman–Crippen LogP) is 2.61. The first-order valence-corrected chi connectivity index (χ1v) is 6.78. The molecule has 1 aromatic carbocycles. The van der Waals surface area contributed by atoms with Crippen LogP contribution in [0.3, 0.4) is 0 Å². The third kappa shape index (κ3) is 3.22. The van der Waals surface area contributed by atoms with Gasteiger partial charge in [0.2, 0.25) is 0 Å². The van der Waals surface area contributed by atoms with Gasteiger partial charge in [0, 0.05) is 23.8 Å². The minimum Gasteiger partial charge on any atom is -0.469 e. The van der Waals surface area contributed by atoms with Crippen molar-refractivity contribution in [2.24, 2.45) is 11.8 Å². The molecular formula is C14H17ClN2O3. The monoisotopic (exact) mass is 296 g/mol. The first-order chi connectivity index (χ1) is 9.51. The second kappa shape index (κ2) is 6.13. The zero-order valence-corrected chi connectivity index (χ0v) is 12.2. The average Bonchev–Trinajstić information content (AvgIpc) is 2.80. The van der Waals surface area contributed by atoms with E-state index < -0.39 is 0 Å². The average molecular weight is 297 g/mol. The van der Waals surface area contributed by atoms with Crippen LogP contribution >= 0.6 is 11.6 Å². The molecule has 1 aliphatic rings. The topological polar surface area (TPSA) is 58.6 Å². The molecule has 2 unspecified atom stereocenters. The molecule has 0 spiro atoms. The second-order valence-electron chi connectivity index (χ2n) is 4.95. The van der Waals surface area contributed by atoms with Gasteiger partial charge in [0.15, 0.2) is 0 Å². The zero-order valence-electron chi connectivity index (χ0n) is 11.4. The maximum absolute atomic E-state index is 12.1. The number of likely N-dealkylation sites (tertiary alicyclic amines) is 1. The summed E-state index contributed by atoms with van der Waals surface area (Å²) in [6, 6.07) is 6.72. The Hall–Kier alpha value is -1.75. The van der Waals surface area contributed by atoms with Crippen molar-refractivity contribution in [3.05, 3.63) is 29.3 Å². The maximum atomic E-state index is 12.1. The fraction of sp³-hybridized carbons (Fsp3) is 0.429. The van der Waals surface area contributed by atoms with Gasteiger partial charge in [0.1, 0.15) is 0 Å². The van der Waals surface area contributed by atoms with Gasteiger partial charge in [-0.2, -0.15) is 0 Å². The van der Waals surface area contributed by atoms with Gasteiger partial charge in [-0.3, -0.25) is 4.79 Å². The number of hydrogen-bond donors (Lipinski definition) is 1. The van der Waals surface area contributed by atoms with Crippen molar-refractivity contribution in [2.75, 3.05) is 25.5 Å². The number of nitrogens with zero attached hydrogens (tertiary/aromatic N) is 1. The van der Waals surface area contributed by atoms with Crippen LogP contribution in [0, 0.1) is 11.8 Å². The molecule has 2 amide bonds. The molecule has 0 aromatic heterocycles. The number of rotatable bonds is 2. The van der Waals surface area contributed by atoms with E-state index in [0.717, 1.165) is 0 Å². The third-order valence-electron chi connectivity index (χ3n) is 3.48. The van der Waals surface area contributed by atoms with Gasteiger partial charge < -0.3 is 15.0 Å². The number of hydrogen-bond acceptors (Lipinski definition) is 3. The Labute approximate surface area is 122 Å². The van der Waals surface area contributed by atoms with Gasteiger partial charge >= 0.3 is 12.0 Å². The van der Waals surface area contributed by atoms with Crippen LogP contribution in [0.15, 0.2) is 24.3 Å². The Bertz CT molecular complexity index is 521. The normalized spacial score (nSPS) is 21.6. The molecule has 1 aromatic rings. The summed E-state index contributed by atoms with van der Waals surface area (Å²) in [5.41, 5.74) is 0.636. The number of methoxy groups -OCH3 is 1. The SMILES string of the molecule is COC(=O)C1CN(C(=O)Nc2cccc(Cl)c2)CC1C. The molecule has 1 heterocycles. The summed E-state index contributed by atoms with van der Waals surface area (Å²) in [7, 11) is 1.36. The fourth-order valence-electron chi connectivity index (χ4n) is 2.36. The summed E-state index contributed by atoms with van der Waals surface area (Å²) < 4.78 is 4.75. The van der Waals surface area contributed by atoms with Crippen molar-refractivity contribution < 1.29 is 14.3 Å². The van der Waals surface area contributed by atoms with Crippen molar-refractivity contribution in [1.29, 1.82) is 0 Å². The Morgan fingerprint density at radius 3 is 2.80 bits per heavy atom. The van der Waals surface area contributed by atoms with Crippen LogP contribution in [0.25, 0.3) is 0 Å². The molecule has 1 fully saturated rings. The van der Waals surface area contributed by atoms with Gasteiger partial charge in [0.05, 0.1) is 13.0 Å². The number of ether oxygens (including phenoxy) is 1.